The molecule has 0 heterocycles. The van der Waals surface area contributed by atoms with E-state index >= 15 is 0 Å². The van der Waals surface area contributed by atoms with Crippen molar-refractivity contribution in [3.05, 3.63) is 34.1 Å². The zero-order valence-corrected chi connectivity index (χ0v) is 9.52. The lowest BCUT2D eigenvalue weighted by Gasteiger charge is -2.15. The Bertz CT molecular complexity index is 342. The molecule has 0 aliphatic carbocycles. The van der Waals surface area contributed by atoms with Gasteiger partial charge in [0.1, 0.15) is 5.82 Å². The topological polar surface area (TPSA) is 52.0 Å². The van der Waals surface area contributed by atoms with Gasteiger partial charge in [0.25, 0.3) is 0 Å². The van der Waals surface area contributed by atoms with Crippen LogP contribution in [-0.4, -0.2) is 6.54 Å². The first kappa shape index (κ1) is 12.4. The third-order valence-electron chi connectivity index (χ3n) is 2.41. The van der Waals surface area contributed by atoms with Gasteiger partial charge in [-0.05, 0) is 37.9 Å². The first-order valence-electron chi connectivity index (χ1n) is 4.98. The van der Waals surface area contributed by atoms with E-state index in [1.54, 1.807) is 6.07 Å². The summed E-state index contributed by atoms with van der Waals surface area (Å²) in [6.07, 6.45) is 1.42. The minimum Gasteiger partial charge on any atom is -0.330 e. The van der Waals surface area contributed by atoms with E-state index in [4.69, 9.17) is 23.1 Å². The van der Waals surface area contributed by atoms with Crippen molar-refractivity contribution in [2.24, 2.45) is 11.5 Å². The molecule has 4 N–H and O–H groups in total. The molecule has 0 aliphatic rings. The van der Waals surface area contributed by atoms with E-state index in [-0.39, 0.29) is 11.9 Å². The standard InChI is InChI=1S/C11H16ClFN2/c1-7-4-5-8(13)10(11(7)12)9(15)3-2-6-14/h4-5,9H,2-3,6,14-15H2,1H3/t9-/m0/s1. The van der Waals surface area contributed by atoms with Gasteiger partial charge in [-0.1, -0.05) is 17.7 Å². The maximum Gasteiger partial charge on any atom is 0.129 e. The molecule has 0 aliphatic heterocycles. The monoisotopic (exact) mass is 230 g/mol. The Morgan fingerprint density at radius 1 is 1.47 bits per heavy atom. The Morgan fingerprint density at radius 3 is 2.73 bits per heavy atom. The Morgan fingerprint density at radius 2 is 2.13 bits per heavy atom. The van der Waals surface area contributed by atoms with Crippen LogP contribution in [0.2, 0.25) is 5.02 Å². The number of aryl methyl sites for hydroxylation is 1. The molecule has 84 valence electrons. The molecule has 2 nitrogen and oxygen atoms in total. The third kappa shape index (κ3) is 2.91. The van der Waals surface area contributed by atoms with Crippen LogP contribution in [0.3, 0.4) is 0 Å². The Labute approximate surface area is 94.4 Å². The van der Waals surface area contributed by atoms with Crippen molar-refractivity contribution in [2.45, 2.75) is 25.8 Å². The van der Waals surface area contributed by atoms with E-state index in [9.17, 15) is 4.39 Å². The molecular formula is C11H16ClFN2. The van der Waals surface area contributed by atoms with Gasteiger partial charge >= 0.3 is 0 Å². The molecule has 0 saturated carbocycles. The lowest BCUT2D eigenvalue weighted by atomic mass is 10.00. The molecule has 1 atom stereocenters. The van der Waals surface area contributed by atoms with E-state index in [1.807, 2.05) is 6.92 Å². The number of benzene rings is 1. The summed E-state index contributed by atoms with van der Waals surface area (Å²) in [5.41, 5.74) is 12.5. The van der Waals surface area contributed by atoms with Crippen molar-refractivity contribution < 1.29 is 4.39 Å². The van der Waals surface area contributed by atoms with Crippen molar-refractivity contribution in [1.29, 1.82) is 0 Å². The predicted octanol–water partition coefficient (Wildman–Crippen LogP) is 2.53. The van der Waals surface area contributed by atoms with Gasteiger partial charge < -0.3 is 11.5 Å². The first-order chi connectivity index (χ1) is 7.07. The number of halogens is 2. The molecule has 4 heteroatoms. The molecule has 1 aromatic carbocycles. The fraction of sp³-hybridized carbons (Fsp3) is 0.455. The van der Waals surface area contributed by atoms with Gasteiger partial charge in [-0.15, -0.1) is 0 Å². The fourth-order valence-corrected chi connectivity index (χ4v) is 1.79. The lowest BCUT2D eigenvalue weighted by Crippen LogP contribution is -2.15. The predicted molar refractivity (Wildman–Crippen MR) is 61.4 cm³/mol. The van der Waals surface area contributed by atoms with Gasteiger partial charge in [0.2, 0.25) is 0 Å². The molecule has 1 aromatic rings. The molecule has 0 radical (unpaired) electrons. The van der Waals surface area contributed by atoms with Crippen molar-refractivity contribution in [3.8, 4) is 0 Å². The molecule has 15 heavy (non-hydrogen) atoms. The minimum absolute atomic E-state index is 0.338. The molecule has 0 bridgehead atoms. The highest BCUT2D eigenvalue weighted by atomic mass is 35.5. The summed E-state index contributed by atoms with van der Waals surface area (Å²) < 4.78 is 13.5. The van der Waals surface area contributed by atoms with Crippen LogP contribution in [-0.2, 0) is 0 Å². The van der Waals surface area contributed by atoms with E-state index in [1.165, 1.54) is 6.07 Å². The number of hydrogen-bond acceptors (Lipinski definition) is 2. The summed E-state index contributed by atoms with van der Waals surface area (Å²) in [5.74, 6) is -0.338. The molecule has 0 amide bonds. The van der Waals surface area contributed by atoms with E-state index < -0.39 is 0 Å². The first-order valence-corrected chi connectivity index (χ1v) is 5.36. The van der Waals surface area contributed by atoms with Crippen LogP contribution in [0, 0.1) is 12.7 Å². The van der Waals surface area contributed by atoms with Crippen LogP contribution >= 0.6 is 11.6 Å². The molecule has 0 aromatic heterocycles. The van der Waals surface area contributed by atoms with Crippen LogP contribution in [0.15, 0.2) is 12.1 Å². The van der Waals surface area contributed by atoms with Crippen LogP contribution in [0.25, 0.3) is 0 Å². The summed E-state index contributed by atoms with van der Waals surface area (Å²) in [5, 5.41) is 0.430. The van der Waals surface area contributed by atoms with Crippen molar-refractivity contribution >= 4 is 11.6 Å². The average molecular weight is 231 g/mol. The maximum absolute atomic E-state index is 13.5. The quantitative estimate of drug-likeness (QED) is 0.835. The van der Waals surface area contributed by atoms with Crippen LogP contribution in [0.1, 0.15) is 30.0 Å². The second kappa shape index (κ2) is 5.45. The molecule has 0 fully saturated rings. The Balaban J connectivity index is 2.96. The SMILES string of the molecule is Cc1ccc(F)c([C@@H](N)CCCN)c1Cl. The molecular weight excluding hydrogens is 215 g/mol. The van der Waals surface area contributed by atoms with Crippen molar-refractivity contribution in [2.75, 3.05) is 6.54 Å². The highest BCUT2D eigenvalue weighted by Crippen LogP contribution is 2.29. The highest BCUT2D eigenvalue weighted by molar-refractivity contribution is 6.32. The Hall–Kier alpha value is -0.640. The second-order valence-electron chi connectivity index (χ2n) is 3.63. The number of rotatable bonds is 4. The summed E-state index contributed by atoms with van der Waals surface area (Å²) in [4.78, 5) is 0. The van der Waals surface area contributed by atoms with E-state index in [0.717, 1.165) is 12.0 Å². The molecule has 0 unspecified atom stereocenters. The van der Waals surface area contributed by atoms with E-state index in [2.05, 4.69) is 0 Å². The van der Waals surface area contributed by atoms with Gasteiger partial charge in [-0.3, -0.25) is 0 Å². The van der Waals surface area contributed by atoms with Gasteiger partial charge in [0.15, 0.2) is 0 Å². The summed E-state index contributed by atoms with van der Waals surface area (Å²) >= 11 is 6.02. The summed E-state index contributed by atoms with van der Waals surface area (Å²) in [6, 6.07) is 2.68. The van der Waals surface area contributed by atoms with E-state index in [0.29, 0.717) is 23.6 Å². The van der Waals surface area contributed by atoms with Gasteiger partial charge in [-0.25, -0.2) is 4.39 Å². The lowest BCUT2D eigenvalue weighted by molar-refractivity contribution is 0.553. The largest absolute Gasteiger partial charge is 0.330 e. The highest BCUT2D eigenvalue weighted by Gasteiger charge is 2.16. The van der Waals surface area contributed by atoms with Gasteiger partial charge in [0, 0.05) is 11.6 Å². The van der Waals surface area contributed by atoms with Gasteiger partial charge in [-0.2, -0.15) is 0 Å². The minimum atomic E-state index is -0.374. The smallest absolute Gasteiger partial charge is 0.129 e. The summed E-state index contributed by atoms with van der Waals surface area (Å²) in [6.45, 7) is 2.39. The van der Waals surface area contributed by atoms with Crippen LogP contribution < -0.4 is 11.5 Å². The Kier molecular flexibility index (Phi) is 4.51. The zero-order chi connectivity index (χ0) is 11.4. The normalized spacial score (nSPS) is 12.9. The van der Waals surface area contributed by atoms with Gasteiger partial charge in [0.05, 0.1) is 5.02 Å². The molecule has 1 rings (SSSR count). The van der Waals surface area contributed by atoms with Crippen LogP contribution in [0.4, 0.5) is 4.39 Å². The third-order valence-corrected chi connectivity index (χ3v) is 2.91. The average Bonchev–Trinajstić information content (AvgIpc) is 2.21. The fourth-order valence-electron chi connectivity index (χ4n) is 1.50. The van der Waals surface area contributed by atoms with Crippen LogP contribution in [0.5, 0.6) is 0 Å². The summed E-state index contributed by atoms with van der Waals surface area (Å²) in [7, 11) is 0. The van der Waals surface area contributed by atoms with Crippen molar-refractivity contribution in [1.82, 2.24) is 0 Å². The molecule has 0 spiro atoms. The number of hydrogen-bond donors (Lipinski definition) is 2. The maximum atomic E-state index is 13.5. The molecule has 0 saturated heterocycles. The number of nitrogens with two attached hydrogens (primary N) is 2. The van der Waals surface area contributed by atoms with Crippen molar-refractivity contribution in [3.63, 3.8) is 0 Å². The zero-order valence-electron chi connectivity index (χ0n) is 8.76. The second-order valence-corrected chi connectivity index (χ2v) is 4.01.